The van der Waals surface area contributed by atoms with Crippen molar-refractivity contribution in [2.75, 3.05) is 5.32 Å². The Morgan fingerprint density at radius 1 is 1.39 bits per heavy atom. The molecule has 5 nitrogen and oxygen atoms in total. The molecule has 0 saturated heterocycles. The Hall–Kier alpha value is -1.87. The average molecular weight is 263 g/mol. The van der Waals surface area contributed by atoms with Gasteiger partial charge in [-0.2, -0.15) is 5.26 Å². The molecule has 1 N–H and O–H groups in total. The Morgan fingerprint density at radius 2 is 2.17 bits per heavy atom. The maximum atomic E-state index is 11.5. The number of carboxylic acid groups (broad SMARTS) is 1. The van der Waals surface area contributed by atoms with Crippen LogP contribution in [0.25, 0.3) is 0 Å². The molecule has 1 aliphatic carbocycles. The number of nitriles is 1. The second-order valence-corrected chi connectivity index (χ2v) is 5.20. The molecule has 1 heterocycles. The number of thiophene rings is 1. The molecule has 6 heteroatoms. The van der Waals surface area contributed by atoms with Gasteiger partial charge in [-0.3, -0.25) is 4.79 Å². The van der Waals surface area contributed by atoms with Crippen LogP contribution in [0.5, 0.6) is 0 Å². The fraction of sp³-hybridized carbons (Fsp3) is 0.417. The van der Waals surface area contributed by atoms with Crippen LogP contribution in [0.1, 0.15) is 35.3 Å². The van der Waals surface area contributed by atoms with Crippen molar-refractivity contribution in [3.63, 3.8) is 0 Å². The summed E-state index contributed by atoms with van der Waals surface area (Å²) in [7, 11) is 0. The van der Waals surface area contributed by atoms with Gasteiger partial charge in [-0.25, -0.2) is 0 Å². The van der Waals surface area contributed by atoms with Gasteiger partial charge in [0.2, 0.25) is 5.91 Å². The molecule has 1 amide bonds. The van der Waals surface area contributed by atoms with Crippen molar-refractivity contribution in [3.8, 4) is 6.07 Å². The van der Waals surface area contributed by atoms with Crippen LogP contribution in [0.4, 0.5) is 5.00 Å². The molecule has 0 atom stereocenters. The molecule has 0 bridgehead atoms. The highest BCUT2D eigenvalue weighted by Gasteiger charge is 2.22. The number of aliphatic carboxylic acids is 1. The van der Waals surface area contributed by atoms with Crippen molar-refractivity contribution < 1.29 is 14.7 Å². The zero-order chi connectivity index (χ0) is 13.1. The minimum atomic E-state index is -1.25. The first-order valence-corrected chi connectivity index (χ1v) is 6.47. The number of nitrogens with one attached hydrogen (secondary N) is 1. The topological polar surface area (TPSA) is 93.0 Å². The van der Waals surface area contributed by atoms with Gasteiger partial charge in [0.05, 0.1) is 5.56 Å². The van der Waals surface area contributed by atoms with Gasteiger partial charge < -0.3 is 15.2 Å². The van der Waals surface area contributed by atoms with E-state index in [1.165, 1.54) is 11.3 Å². The first kappa shape index (κ1) is 12.6. The van der Waals surface area contributed by atoms with Gasteiger partial charge in [-0.15, -0.1) is 11.3 Å². The van der Waals surface area contributed by atoms with E-state index in [2.05, 4.69) is 11.4 Å². The molecule has 0 spiro atoms. The van der Waals surface area contributed by atoms with Gasteiger partial charge in [0.1, 0.15) is 11.1 Å². The van der Waals surface area contributed by atoms with Crippen molar-refractivity contribution in [1.29, 1.82) is 5.26 Å². The number of carboxylic acids is 1. The third-order valence-corrected chi connectivity index (χ3v) is 4.05. The SMILES string of the molecule is N#Cc1c(NC(=O)CCC(=O)[O-])sc2c1CCC2. The van der Waals surface area contributed by atoms with Crippen molar-refractivity contribution in [2.45, 2.75) is 32.1 Å². The Morgan fingerprint density at radius 3 is 2.83 bits per heavy atom. The van der Waals surface area contributed by atoms with Gasteiger partial charge >= 0.3 is 0 Å². The Labute approximate surface area is 108 Å². The smallest absolute Gasteiger partial charge is 0.225 e. The summed E-state index contributed by atoms with van der Waals surface area (Å²) in [6.45, 7) is 0. The van der Waals surface area contributed by atoms with E-state index < -0.39 is 11.9 Å². The molecule has 1 aliphatic rings. The quantitative estimate of drug-likeness (QED) is 0.859. The molecule has 0 radical (unpaired) electrons. The van der Waals surface area contributed by atoms with Crippen molar-refractivity contribution in [1.82, 2.24) is 0 Å². The van der Waals surface area contributed by atoms with Crippen molar-refractivity contribution in [2.24, 2.45) is 0 Å². The molecule has 1 aromatic heterocycles. The van der Waals surface area contributed by atoms with E-state index in [1.54, 1.807) is 0 Å². The number of anilines is 1. The lowest BCUT2D eigenvalue weighted by Gasteiger charge is -2.04. The molecule has 0 saturated carbocycles. The number of hydrogen-bond donors (Lipinski definition) is 1. The second-order valence-electron chi connectivity index (χ2n) is 4.09. The van der Waals surface area contributed by atoms with Crippen molar-refractivity contribution in [3.05, 3.63) is 16.0 Å². The summed E-state index contributed by atoms with van der Waals surface area (Å²) in [5.41, 5.74) is 1.58. The van der Waals surface area contributed by atoms with Gasteiger partial charge in [0.15, 0.2) is 0 Å². The zero-order valence-corrected chi connectivity index (χ0v) is 10.4. The lowest BCUT2D eigenvalue weighted by atomic mass is 10.1. The van der Waals surface area contributed by atoms with Crippen molar-refractivity contribution >= 4 is 28.2 Å². The molecule has 2 rings (SSSR count). The lowest BCUT2D eigenvalue weighted by Crippen LogP contribution is -2.24. The normalized spacial score (nSPS) is 12.8. The summed E-state index contributed by atoms with van der Waals surface area (Å²) >= 11 is 1.42. The number of hydrogen-bond acceptors (Lipinski definition) is 5. The average Bonchev–Trinajstić information content (AvgIpc) is 2.86. The fourth-order valence-electron chi connectivity index (χ4n) is 2.02. The number of nitrogens with zero attached hydrogens (tertiary/aromatic N) is 1. The van der Waals surface area contributed by atoms with Crippen LogP contribution in [0.15, 0.2) is 0 Å². The summed E-state index contributed by atoms with van der Waals surface area (Å²) in [5, 5.41) is 22.5. The predicted octanol–water partition coefficient (Wildman–Crippen LogP) is 0.577. The highest BCUT2D eigenvalue weighted by molar-refractivity contribution is 7.16. The number of fused-ring (bicyclic) bond motifs is 1. The number of rotatable bonds is 4. The highest BCUT2D eigenvalue weighted by atomic mass is 32.1. The van der Waals surface area contributed by atoms with E-state index in [-0.39, 0.29) is 12.8 Å². The first-order chi connectivity index (χ1) is 8.61. The van der Waals surface area contributed by atoms with E-state index >= 15 is 0 Å². The standard InChI is InChI=1S/C12H12N2O3S/c13-6-8-7-2-1-3-9(7)18-12(8)14-10(15)4-5-11(16)17/h1-5H2,(H,14,15)(H,16,17)/p-1. The molecule has 0 unspecified atom stereocenters. The number of carbonyl (C=O) groups excluding carboxylic acids is 2. The number of amides is 1. The van der Waals surface area contributed by atoms with E-state index in [0.29, 0.717) is 10.6 Å². The minimum absolute atomic E-state index is 0.129. The van der Waals surface area contributed by atoms with Crippen LogP contribution < -0.4 is 10.4 Å². The maximum Gasteiger partial charge on any atom is 0.225 e. The third kappa shape index (κ3) is 2.51. The second kappa shape index (κ2) is 5.19. The summed E-state index contributed by atoms with van der Waals surface area (Å²) in [6.07, 6.45) is 2.44. The molecular formula is C12H11N2O3S-. The van der Waals surface area contributed by atoms with Gasteiger partial charge in [-0.05, 0) is 31.2 Å². The van der Waals surface area contributed by atoms with Crippen LogP contribution >= 0.6 is 11.3 Å². The number of aryl methyl sites for hydroxylation is 1. The van der Waals surface area contributed by atoms with E-state index in [1.807, 2.05) is 0 Å². The summed E-state index contributed by atoms with van der Waals surface area (Å²) in [5.74, 6) is -1.64. The van der Waals surface area contributed by atoms with Gasteiger partial charge in [0, 0.05) is 17.3 Å². The van der Waals surface area contributed by atoms with E-state index in [0.717, 1.165) is 29.7 Å². The van der Waals surface area contributed by atoms with Gasteiger partial charge in [0.25, 0.3) is 0 Å². The van der Waals surface area contributed by atoms with Crippen LogP contribution in [0, 0.1) is 11.3 Å². The molecule has 94 valence electrons. The summed E-state index contributed by atoms with van der Waals surface area (Å²) in [6, 6.07) is 2.11. The van der Waals surface area contributed by atoms with Gasteiger partial charge in [-0.1, -0.05) is 0 Å². The van der Waals surface area contributed by atoms with Crippen LogP contribution in [0.3, 0.4) is 0 Å². The van der Waals surface area contributed by atoms with Crippen LogP contribution in [-0.4, -0.2) is 11.9 Å². The molecule has 18 heavy (non-hydrogen) atoms. The monoisotopic (exact) mass is 263 g/mol. The molecule has 0 aliphatic heterocycles. The third-order valence-electron chi connectivity index (χ3n) is 2.84. The van der Waals surface area contributed by atoms with Crippen LogP contribution in [0.2, 0.25) is 0 Å². The summed E-state index contributed by atoms with van der Waals surface area (Å²) in [4.78, 5) is 22.9. The Bertz CT molecular complexity index is 542. The van der Waals surface area contributed by atoms with Crippen LogP contribution in [-0.2, 0) is 22.4 Å². The Kier molecular flexibility index (Phi) is 3.63. The first-order valence-electron chi connectivity index (χ1n) is 5.66. The fourth-order valence-corrected chi connectivity index (χ4v) is 3.27. The predicted molar refractivity (Wildman–Crippen MR) is 63.9 cm³/mol. The minimum Gasteiger partial charge on any atom is -0.550 e. The molecule has 0 fully saturated rings. The molecule has 0 aromatic carbocycles. The largest absolute Gasteiger partial charge is 0.550 e. The van der Waals surface area contributed by atoms with E-state index in [4.69, 9.17) is 5.26 Å². The van der Waals surface area contributed by atoms with E-state index in [9.17, 15) is 14.7 Å². The Balaban J connectivity index is 2.08. The highest BCUT2D eigenvalue weighted by Crippen LogP contribution is 2.38. The lowest BCUT2D eigenvalue weighted by molar-refractivity contribution is -0.305. The molecule has 1 aromatic rings. The number of carbonyl (C=O) groups is 2. The zero-order valence-electron chi connectivity index (χ0n) is 9.62. The summed E-state index contributed by atoms with van der Waals surface area (Å²) < 4.78 is 0. The maximum absolute atomic E-state index is 11.5. The molecular weight excluding hydrogens is 252 g/mol.